The molecule has 0 aliphatic carbocycles. The number of likely N-dealkylation sites (tertiary alicyclic amines) is 1. The van der Waals surface area contributed by atoms with Crippen molar-refractivity contribution in [3.63, 3.8) is 0 Å². The lowest BCUT2D eigenvalue weighted by atomic mass is 10.0. The zero-order valence-corrected chi connectivity index (χ0v) is 11.6. The summed E-state index contributed by atoms with van der Waals surface area (Å²) in [5, 5.41) is 7.23. The fraction of sp³-hybridized carbons (Fsp3) is 0.846. The van der Waals surface area contributed by atoms with Crippen LogP contribution in [0.5, 0.6) is 0 Å². The first-order chi connectivity index (χ1) is 8.69. The highest BCUT2D eigenvalue weighted by Crippen LogP contribution is 2.18. The molecule has 1 N–H and O–H groups in total. The van der Waals surface area contributed by atoms with Crippen LogP contribution in [0.25, 0.3) is 0 Å². The lowest BCUT2D eigenvalue weighted by Crippen LogP contribution is -2.37. The summed E-state index contributed by atoms with van der Waals surface area (Å²) in [6.07, 6.45) is 5.56. The summed E-state index contributed by atoms with van der Waals surface area (Å²) < 4.78 is 5.35. The van der Waals surface area contributed by atoms with Crippen LogP contribution in [0.2, 0.25) is 0 Å². The Balaban J connectivity index is 1.89. The minimum atomic E-state index is 0.382. The van der Waals surface area contributed by atoms with Gasteiger partial charge in [-0.2, -0.15) is 4.98 Å². The lowest BCUT2D eigenvalue weighted by Gasteiger charge is -2.31. The van der Waals surface area contributed by atoms with Crippen molar-refractivity contribution < 1.29 is 4.52 Å². The molecule has 0 radical (unpaired) electrons. The Morgan fingerprint density at radius 1 is 1.50 bits per heavy atom. The first-order valence-corrected chi connectivity index (χ1v) is 6.88. The Hall–Kier alpha value is -0.940. The number of hydrogen-bond donors (Lipinski definition) is 1. The first kappa shape index (κ1) is 13.5. The van der Waals surface area contributed by atoms with Crippen molar-refractivity contribution >= 4 is 0 Å². The zero-order valence-electron chi connectivity index (χ0n) is 11.6. The SMILES string of the molecule is CNC(C)Cc1noc(CC2CCCCN2C)n1. The molecule has 0 bridgehead atoms. The summed E-state index contributed by atoms with van der Waals surface area (Å²) in [4.78, 5) is 6.89. The molecule has 0 aromatic carbocycles. The highest BCUT2D eigenvalue weighted by molar-refractivity contribution is 4.92. The van der Waals surface area contributed by atoms with Gasteiger partial charge in [0.1, 0.15) is 0 Å². The van der Waals surface area contributed by atoms with Crippen molar-refractivity contribution in [1.29, 1.82) is 0 Å². The van der Waals surface area contributed by atoms with Gasteiger partial charge in [-0.25, -0.2) is 0 Å². The number of nitrogens with one attached hydrogen (secondary N) is 1. The van der Waals surface area contributed by atoms with Crippen LogP contribution >= 0.6 is 0 Å². The largest absolute Gasteiger partial charge is 0.339 e. The van der Waals surface area contributed by atoms with Crippen LogP contribution in [0.3, 0.4) is 0 Å². The number of aromatic nitrogens is 2. The quantitative estimate of drug-likeness (QED) is 0.854. The summed E-state index contributed by atoms with van der Waals surface area (Å²) in [5.74, 6) is 1.59. The van der Waals surface area contributed by atoms with Crippen LogP contribution in [-0.2, 0) is 12.8 Å². The van der Waals surface area contributed by atoms with Gasteiger partial charge in [-0.15, -0.1) is 0 Å². The van der Waals surface area contributed by atoms with E-state index in [1.54, 1.807) is 0 Å². The van der Waals surface area contributed by atoms with Crippen LogP contribution in [0, 0.1) is 0 Å². The summed E-state index contributed by atoms with van der Waals surface area (Å²) in [5.41, 5.74) is 0. The molecule has 5 heteroatoms. The second kappa shape index (κ2) is 6.29. The van der Waals surface area contributed by atoms with Crippen LogP contribution in [0.1, 0.15) is 37.9 Å². The number of rotatable bonds is 5. The third kappa shape index (κ3) is 3.53. The van der Waals surface area contributed by atoms with Gasteiger partial charge < -0.3 is 14.7 Å². The average Bonchev–Trinajstić information content (AvgIpc) is 2.79. The average molecular weight is 252 g/mol. The van der Waals surface area contributed by atoms with E-state index >= 15 is 0 Å². The summed E-state index contributed by atoms with van der Waals surface area (Å²) in [7, 11) is 4.13. The van der Waals surface area contributed by atoms with Crippen molar-refractivity contribution in [2.75, 3.05) is 20.6 Å². The van der Waals surface area contributed by atoms with Crippen LogP contribution < -0.4 is 5.32 Å². The van der Waals surface area contributed by atoms with Crippen molar-refractivity contribution in [3.8, 4) is 0 Å². The minimum absolute atomic E-state index is 0.382. The van der Waals surface area contributed by atoms with Crippen molar-refractivity contribution in [3.05, 3.63) is 11.7 Å². The topological polar surface area (TPSA) is 54.2 Å². The number of nitrogens with zero attached hydrogens (tertiary/aromatic N) is 3. The summed E-state index contributed by atoms with van der Waals surface area (Å²) in [6, 6.07) is 0.946. The normalized spacial score (nSPS) is 23.2. The Kier molecular flexibility index (Phi) is 4.72. The van der Waals surface area contributed by atoms with Gasteiger partial charge in [0.25, 0.3) is 0 Å². The van der Waals surface area contributed by atoms with Gasteiger partial charge in [0.05, 0.1) is 0 Å². The van der Waals surface area contributed by atoms with E-state index < -0.39 is 0 Å². The van der Waals surface area contributed by atoms with Gasteiger partial charge >= 0.3 is 0 Å². The molecule has 1 fully saturated rings. The Morgan fingerprint density at radius 3 is 3.06 bits per heavy atom. The van der Waals surface area contributed by atoms with E-state index in [9.17, 15) is 0 Å². The monoisotopic (exact) mass is 252 g/mol. The molecule has 5 nitrogen and oxygen atoms in total. The van der Waals surface area contributed by atoms with Crippen molar-refractivity contribution in [1.82, 2.24) is 20.4 Å². The summed E-state index contributed by atoms with van der Waals surface area (Å²) >= 11 is 0. The van der Waals surface area contributed by atoms with E-state index in [0.29, 0.717) is 12.1 Å². The number of hydrogen-bond acceptors (Lipinski definition) is 5. The van der Waals surface area contributed by atoms with Gasteiger partial charge in [-0.1, -0.05) is 11.6 Å². The molecule has 18 heavy (non-hydrogen) atoms. The standard InChI is InChI=1S/C13H24N4O/c1-10(14-2)8-12-15-13(18-16-12)9-11-6-4-5-7-17(11)3/h10-11,14H,4-9H2,1-3H3. The predicted octanol–water partition coefficient (Wildman–Crippen LogP) is 1.25. The molecule has 1 aliphatic rings. The lowest BCUT2D eigenvalue weighted by molar-refractivity contribution is 0.173. The molecular formula is C13H24N4O. The van der Waals surface area contributed by atoms with E-state index in [1.807, 2.05) is 7.05 Å². The maximum Gasteiger partial charge on any atom is 0.228 e. The van der Waals surface area contributed by atoms with Crippen molar-refractivity contribution in [2.24, 2.45) is 0 Å². The van der Waals surface area contributed by atoms with E-state index in [4.69, 9.17) is 4.52 Å². The fourth-order valence-corrected chi connectivity index (χ4v) is 2.44. The second-order valence-corrected chi connectivity index (χ2v) is 5.33. The maximum atomic E-state index is 5.35. The second-order valence-electron chi connectivity index (χ2n) is 5.33. The highest BCUT2D eigenvalue weighted by atomic mass is 16.5. The molecule has 2 heterocycles. The minimum Gasteiger partial charge on any atom is -0.339 e. The van der Waals surface area contributed by atoms with E-state index in [2.05, 4.69) is 34.3 Å². The van der Waals surface area contributed by atoms with Crippen LogP contribution in [0.4, 0.5) is 0 Å². The van der Waals surface area contributed by atoms with Gasteiger partial charge in [0.15, 0.2) is 5.82 Å². The molecule has 2 unspecified atom stereocenters. The molecule has 1 aliphatic heterocycles. The first-order valence-electron chi connectivity index (χ1n) is 6.88. The van der Waals surface area contributed by atoms with Gasteiger partial charge in [-0.05, 0) is 40.4 Å². The highest BCUT2D eigenvalue weighted by Gasteiger charge is 2.21. The van der Waals surface area contributed by atoms with Gasteiger partial charge in [0, 0.05) is 24.9 Å². The molecule has 2 atom stereocenters. The third-order valence-corrected chi connectivity index (χ3v) is 3.82. The number of piperidine rings is 1. The zero-order chi connectivity index (χ0) is 13.0. The smallest absolute Gasteiger partial charge is 0.228 e. The van der Waals surface area contributed by atoms with Crippen LogP contribution in [0.15, 0.2) is 4.52 Å². The molecule has 0 spiro atoms. The molecule has 1 saturated heterocycles. The van der Waals surface area contributed by atoms with Crippen molar-refractivity contribution in [2.45, 2.75) is 51.1 Å². The molecule has 102 valence electrons. The molecule has 1 aromatic heterocycles. The third-order valence-electron chi connectivity index (χ3n) is 3.82. The maximum absolute atomic E-state index is 5.35. The summed E-state index contributed by atoms with van der Waals surface area (Å²) in [6.45, 7) is 3.30. The van der Waals surface area contributed by atoms with E-state index in [-0.39, 0.29) is 0 Å². The van der Waals surface area contributed by atoms with Gasteiger partial charge in [-0.3, -0.25) is 0 Å². The Morgan fingerprint density at radius 2 is 2.33 bits per heavy atom. The molecule has 1 aromatic rings. The Bertz CT molecular complexity index is 366. The van der Waals surface area contributed by atoms with Gasteiger partial charge in [0.2, 0.25) is 5.89 Å². The van der Waals surface area contributed by atoms with E-state index in [0.717, 1.165) is 24.6 Å². The fourth-order valence-electron chi connectivity index (χ4n) is 2.44. The molecular weight excluding hydrogens is 228 g/mol. The Labute approximate surface area is 109 Å². The van der Waals surface area contributed by atoms with E-state index in [1.165, 1.54) is 25.8 Å². The molecule has 0 amide bonds. The molecule has 2 rings (SSSR count). The predicted molar refractivity (Wildman–Crippen MR) is 70.5 cm³/mol. The van der Waals surface area contributed by atoms with Crippen LogP contribution in [-0.4, -0.2) is 47.8 Å². The number of likely N-dealkylation sites (N-methyl/N-ethyl adjacent to an activating group) is 2. The molecule has 0 saturated carbocycles.